The first-order valence-corrected chi connectivity index (χ1v) is 35.3. The van der Waals surface area contributed by atoms with Gasteiger partial charge in [0.15, 0.2) is 0 Å². The molecule has 0 aromatic heterocycles. The lowest BCUT2D eigenvalue weighted by Crippen LogP contribution is -2.47. The summed E-state index contributed by atoms with van der Waals surface area (Å²) in [6.07, 6.45) is 71.4. The molecule has 3 unspecified atom stereocenters. The van der Waals surface area contributed by atoms with E-state index in [-0.39, 0.29) is 25.1 Å². The highest BCUT2D eigenvalue weighted by Gasteiger charge is 2.30. The van der Waals surface area contributed by atoms with E-state index in [9.17, 15) is 19.0 Å². The molecule has 0 bridgehead atoms. The SMILES string of the molecule is CCCCC/C=C\C/C=C\CCCCCCCCCCCCCCCC(=O)OC(/C=C/CCCCCCCCCCCC)C(COP(=O)(O)OCC[N+](C)(C)C)NC(=O)CCCCCCCCCCCCCCCCCCC. The van der Waals surface area contributed by atoms with Crippen molar-refractivity contribution in [3.8, 4) is 0 Å². The van der Waals surface area contributed by atoms with Crippen LogP contribution in [-0.2, 0) is 27.9 Å². The maximum absolute atomic E-state index is 13.6. The molecule has 0 aliphatic carbocycles. The van der Waals surface area contributed by atoms with E-state index in [0.717, 1.165) is 64.2 Å². The van der Waals surface area contributed by atoms with E-state index in [1.165, 1.54) is 238 Å². The highest BCUT2D eigenvalue weighted by atomic mass is 31.2. The van der Waals surface area contributed by atoms with Gasteiger partial charge in [0.25, 0.3) is 0 Å². The quantitative estimate of drug-likeness (QED) is 0.0205. The summed E-state index contributed by atoms with van der Waals surface area (Å²) in [6, 6.07) is -0.844. The minimum atomic E-state index is -4.45. The van der Waals surface area contributed by atoms with Crippen molar-refractivity contribution in [2.24, 2.45) is 0 Å². The fourth-order valence-corrected chi connectivity index (χ4v) is 10.8. The number of likely N-dealkylation sites (N-methyl/N-ethyl adjacent to an activating group) is 1. The second-order valence-electron chi connectivity index (χ2n) is 24.4. The summed E-state index contributed by atoms with van der Waals surface area (Å²) in [5.74, 6) is -0.488. The fraction of sp³-hybridized carbons (Fsp3) is 0.882. The second-order valence-corrected chi connectivity index (χ2v) is 25.8. The molecule has 1 amide bonds. The monoisotopic (exact) mass is 1120 g/mol. The number of nitrogens with zero attached hydrogens (tertiary/aromatic N) is 1. The normalized spacial score (nSPS) is 13.8. The van der Waals surface area contributed by atoms with Crippen molar-refractivity contribution in [3.05, 3.63) is 36.5 Å². The van der Waals surface area contributed by atoms with E-state index in [1.807, 2.05) is 33.3 Å². The number of unbranched alkanes of at least 4 members (excludes halogenated alkanes) is 42. The number of phosphoric acid groups is 1. The van der Waals surface area contributed by atoms with Gasteiger partial charge in [0.2, 0.25) is 5.91 Å². The number of hydrogen-bond donors (Lipinski definition) is 2. The highest BCUT2D eigenvalue weighted by molar-refractivity contribution is 7.47. The van der Waals surface area contributed by atoms with Crippen LogP contribution in [0.3, 0.4) is 0 Å². The number of rotatable bonds is 62. The molecule has 0 aromatic rings. The highest BCUT2D eigenvalue weighted by Crippen LogP contribution is 2.43. The molecule has 0 saturated carbocycles. The molecule has 78 heavy (non-hydrogen) atoms. The first-order chi connectivity index (χ1) is 37.9. The van der Waals surface area contributed by atoms with E-state index in [0.29, 0.717) is 23.9 Å². The predicted octanol–water partition coefficient (Wildman–Crippen LogP) is 21.1. The molecule has 0 spiro atoms. The number of amides is 1. The number of hydrogen-bond acceptors (Lipinski definition) is 6. The lowest BCUT2D eigenvalue weighted by atomic mass is 10.0. The van der Waals surface area contributed by atoms with Crippen LogP contribution in [0.4, 0.5) is 0 Å². The Morgan fingerprint density at radius 1 is 0.449 bits per heavy atom. The fourth-order valence-electron chi connectivity index (χ4n) is 10.1. The Morgan fingerprint density at radius 2 is 0.782 bits per heavy atom. The van der Waals surface area contributed by atoms with Gasteiger partial charge >= 0.3 is 13.8 Å². The van der Waals surface area contributed by atoms with E-state index in [4.69, 9.17) is 13.8 Å². The summed E-state index contributed by atoms with van der Waals surface area (Å²) in [5.41, 5.74) is 0. The van der Waals surface area contributed by atoms with Gasteiger partial charge in [-0.05, 0) is 63.9 Å². The van der Waals surface area contributed by atoms with Gasteiger partial charge in [0.1, 0.15) is 19.3 Å². The van der Waals surface area contributed by atoms with Gasteiger partial charge in [-0.3, -0.25) is 18.6 Å². The Hall–Kier alpha value is -1.77. The topological polar surface area (TPSA) is 111 Å². The number of carbonyl (C=O) groups excluding carboxylic acids is 2. The Labute approximate surface area is 485 Å². The van der Waals surface area contributed by atoms with Crippen molar-refractivity contribution >= 4 is 19.7 Å². The van der Waals surface area contributed by atoms with E-state index in [2.05, 4.69) is 50.4 Å². The Balaban J connectivity index is 5.10. The van der Waals surface area contributed by atoms with Gasteiger partial charge in [0.05, 0.1) is 33.8 Å². The number of allylic oxidation sites excluding steroid dienone is 5. The summed E-state index contributed by atoms with van der Waals surface area (Å²) >= 11 is 0. The van der Waals surface area contributed by atoms with Crippen LogP contribution in [0, 0.1) is 0 Å². The van der Waals surface area contributed by atoms with Crippen LogP contribution in [0.25, 0.3) is 0 Å². The van der Waals surface area contributed by atoms with Crippen LogP contribution in [0.15, 0.2) is 36.5 Å². The first-order valence-electron chi connectivity index (χ1n) is 33.8. The van der Waals surface area contributed by atoms with E-state index in [1.54, 1.807) is 0 Å². The molecule has 0 aromatic carbocycles. The molecule has 0 radical (unpaired) electrons. The largest absolute Gasteiger partial charge is 0.472 e. The molecular weight excluding hydrogens is 988 g/mol. The first kappa shape index (κ1) is 76.2. The van der Waals surface area contributed by atoms with Crippen LogP contribution in [0.1, 0.15) is 335 Å². The minimum Gasteiger partial charge on any atom is -0.456 e. The molecule has 0 heterocycles. The van der Waals surface area contributed by atoms with Crippen molar-refractivity contribution in [1.29, 1.82) is 0 Å². The van der Waals surface area contributed by atoms with Crippen molar-refractivity contribution in [2.45, 2.75) is 348 Å². The lowest BCUT2D eigenvalue weighted by molar-refractivity contribution is -0.870. The van der Waals surface area contributed by atoms with Crippen LogP contribution >= 0.6 is 7.82 Å². The summed E-state index contributed by atoms with van der Waals surface area (Å²) < 4.78 is 30.8. The summed E-state index contributed by atoms with van der Waals surface area (Å²) in [7, 11) is 1.51. The van der Waals surface area contributed by atoms with E-state index >= 15 is 0 Å². The minimum absolute atomic E-state index is 0.0432. The standard InChI is InChI=1S/C68H131N2O7P/c1-7-10-13-16-19-22-25-28-30-32-33-34-35-36-37-39-41-43-46-49-52-55-58-61-68(72)77-66(59-56-53-50-47-44-27-24-21-18-15-12-9-3)65(64-76-78(73,74)75-63-62-70(4,5)6)69-67(71)60-57-54-51-48-45-42-40-38-31-29-26-23-20-17-14-11-8-2/h19,22,28,30,56,59,65-66H,7-18,20-21,23-27,29,31-55,57-58,60-64H2,1-6H3,(H-,69,71,73,74)/p+1/b22-19-,30-28-,59-56+. The van der Waals surface area contributed by atoms with Gasteiger partial charge in [-0.2, -0.15) is 0 Å². The van der Waals surface area contributed by atoms with Crippen LogP contribution in [0.2, 0.25) is 0 Å². The molecule has 0 aliphatic rings. The maximum atomic E-state index is 13.6. The smallest absolute Gasteiger partial charge is 0.456 e. The Kier molecular flexibility index (Phi) is 57.1. The molecule has 9 nitrogen and oxygen atoms in total. The van der Waals surface area contributed by atoms with Crippen molar-refractivity contribution in [3.63, 3.8) is 0 Å². The van der Waals surface area contributed by atoms with Crippen LogP contribution in [0.5, 0.6) is 0 Å². The second kappa shape index (κ2) is 58.4. The van der Waals surface area contributed by atoms with Gasteiger partial charge in [-0.25, -0.2) is 4.57 Å². The number of esters is 1. The molecule has 0 aliphatic heterocycles. The molecule has 0 saturated heterocycles. The third-order valence-electron chi connectivity index (χ3n) is 15.3. The Bertz CT molecular complexity index is 1430. The predicted molar refractivity (Wildman–Crippen MR) is 337 cm³/mol. The van der Waals surface area contributed by atoms with Gasteiger partial charge < -0.3 is 19.4 Å². The zero-order valence-corrected chi connectivity index (χ0v) is 53.6. The molecule has 460 valence electrons. The van der Waals surface area contributed by atoms with Crippen LogP contribution < -0.4 is 5.32 Å². The lowest BCUT2D eigenvalue weighted by Gasteiger charge is -2.27. The molecule has 2 N–H and O–H groups in total. The zero-order valence-electron chi connectivity index (χ0n) is 52.7. The summed E-state index contributed by atoms with van der Waals surface area (Å²) in [5, 5.41) is 3.07. The number of nitrogens with one attached hydrogen (secondary N) is 1. The third kappa shape index (κ3) is 58.9. The average Bonchev–Trinajstić information content (AvgIpc) is 3.40. The molecule has 0 fully saturated rings. The number of phosphoric ester groups is 1. The van der Waals surface area contributed by atoms with Crippen LogP contribution in [-0.4, -0.2) is 74.3 Å². The number of carbonyl (C=O) groups is 2. The summed E-state index contributed by atoms with van der Waals surface area (Å²) in [6.45, 7) is 7.04. The number of ether oxygens (including phenoxy) is 1. The Morgan fingerprint density at radius 3 is 1.18 bits per heavy atom. The van der Waals surface area contributed by atoms with Crippen molar-refractivity contribution in [1.82, 2.24) is 5.32 Å². The van der Waals surface area contributed by atoms with Gasteiger partial charge in [-0.1, -0.05) is 295 Å². The zero-order chi connectivity index (χ0) is 57.2. The average molecular weight is 1120 g/mol. The summed E-state index contributed by atoms with van der Waals surface area (Å²) in [4.78, 5) is 37.8. The maximum Gasteiger partial charge on any atom is 0.472 e. The van der Waals surface area contributed by atoms with Gasteiger partial charge in [-0.15, -0.1) is 0 Å². The molecule has 10 heteroatoms. The van der Waals surface area contributed by atoms with E-state index < -0.39 is 20.0 Å². The van der Waals surface area contributed by atoms with Crippen molar-refractivity contribution < 1.29 is 37.3 Å². The van der Waals surface area contributed by atoms with Crippen molar-refractivity contribution in [2.75, 3.05) is 40.9 Å². The van der Waals surface area contributed by atoms with Gasteiger partial charge in [0, 0.05) is 12.8 Å². The molecular formula is C68H132N2O7P+. The number of quaternary nitrogens is 1. The molecule has 3 atom stereocenters. The molecule has 0 rings (SSSR count). The third-order valence-corrected chi connectivity index (χ3v) is 16.3.